The first-order valence-electron chi connectivity index (χ1n) is 7.82. The molecule has 3 aliphatic carbocycles. The van der Waals surface area contributed by atoms with Crippen LogP contribution in [0.25, 0.3) is 0 Å². The standard InChI is InChI=1S/C18H23N/c1-18(13-6-8-14(19)9-7-13)11-12-4-2-3-5-15(12)16-10-17(16)18/h2-5,13,16-17,19H,6-11H2,1H3. The monoisotopic (exact) mass is 253 g/mol. The van der Waals surface area contributed by atoms with Crippen molar-refractivity contribution in [2.45, 2.75) is 51.4 Å². The smallest absolute Gasteiger partial charge is 0.00893 e. The van der Waals surface area contributed by atoms with Crippen LogP contribution < -0.4 is 0 Å². The van der Waals surface area contributed by atoms with Crippen LogP contribution in [0.15, 0.2) is 24.3 Å². The van der Waals surface area contributed by atoms with Crippen LogP contribution in [-0.2, 0) is 6.42 Å². The van der Waals surface area contributed by atoms with Crippen molar-refractivity contribution in [2.24, 2.45) is 17.3 Å². The molecule has 1 aromatic rings. The second-order valence-electron chi connectivity index (χ2n) is 7.21. The molecule has 0 saturated heterocycles. The molecule has 0 aliphatic heterocycles. The van der Waals surface area contributed by atoms with E-state index in [1.165, 1.54) is 25.7 Å². The van der Waals surface area contributed by atoms with Crippen LogP contribution in [0, 0.1) is 22.7 Å². The molecule has 0 amide bonds. The minimum atomic E-state index is 0.514. The van der Waals surface area contributed by atoms with Gasteiger partial charge in [-0.2, -0.15) is 0 Å². The first-order chi connectivity index (χ1) is 9.18. The molecule has 1 nitrogen and oxygen atoms in total. The Balaban J connectivity index is 1.65. The Morgan fingerprint density at radius 3 is 2.68 bits per heavy atom. The lowest BCUT2D eigenvalue weighted by Gasteiger charge is -2.43. The average molecular weight is 253 g/mol. The minimum Gasteiger partial charge on any atom is -0.310 e. The highest BCUT2D eigenvalue weighted by atomic mass is 14.6. The summed E-state index contributed by atoms with van der Waals surface area (Å²) in [5.74, 6) is 2.64. The summed E-state index contributed by atoms with van der Waals surface area (Å²) in [6, 6.07) is 9.13. The average Bonchev–Trinajstić information content (AvgIpc) is 3.21. The predicted molar refractivity (Wildman–Crippen MR) is 78.8 cm³/mol. The van der Waals surface area contributed by atoms with Crippen molar-refractivity contribution < 1.29 is 0 Å². The van der Waals surface area contributed by atoms with E-state index in [4.69, 9.17) is 5.41 Å². The van der Waals surface area contributed by atoms with E-state index < -0.39 is 0 Å². The summed E-state index contributed by atoms with van der Waals surface area (Å²) >= 11 is 0. The van der Waals surface area contributed by atoms with Gasteiger partial charge in [0, 0.05) is 5.71 Å². The first-order valence-corrected chi connectivity index (χ1v) is 7.82. The Morgan fingerprint density at radius 2 is 1.89 bits per heavy atom. The fourth-order valence-electron chi connectivity index (χ4n) is 4.94. The summed E-state index contributed by atoms with van der Waals surface area (Å²) < 4.78 is 0. The van der Waals surface area contributed by atoms with Gasteiger partial charge in [-0.15, -0.1) is 0 Å². The molecule has 3 atom stereocenters. The van der Waals surface area contributed by atoms with Gasteiger partial charge in [0.1, 0.15) is 0 Å². The molecule has 0 heterocycles. The number of nitrogens with one attached hydrogen (secondary N) is 1. The third-order valence-corrected chi connectivity index (χ3v) is 6.19. The van der Waals surface area contributed by atoms with E-state index in [0.717, 1.165) is 36.3 Å². The molecule has 4 rings (SSSR count). The zero-order valence-corrected chi connectivity index (χ0v) is 11.8. The maximum absolute atomic E-state index is 7.83. The summed E-state index contributed by atoms with van der Waals surface area (Å²) in [7, 11) is 0. The molecule has 1 heteroatoms. The molecule has 0 aromatic heterocycles. The summed E-state index contributed by atoms with van der Waals surface area (Å²) in [6.07, 6.45) is 7.34. The molecule has 19 heavy (non-hydrogen) atoms. The third-order valence-electron chi connectivity index (χ3n) is 6.19. The lowest BCUT2D eigenvalue weighted by atomic mass is 9.61. The van der Waals surface area contributed by atoms with Gasteiger partial charge in [-0.25, -0.2) is 0 Å². The van der Waals surface area contributed by atoms with Crippen LogP contribution >= 0.6 is 0 Å². The van der Waals surface area contributed by atoms with Crippen LogP contribution in [0.4, 0.5) is 0 Å². The van der Waals surface area contributed by atoms with E-state index in [0.29, 0.717) is 5.41 Å². The van der Waals surface area contributed by atoms with Crippen LogP contribution in [0.2, 0.25) is 0 Å². The van der Waals surface area contributed by atoms with Gasteiger partial charge in [-0.1, -0.05) is 31.2 Å². The quantitative estimate of drug-likeness (QED) is 0.758. The number of hydrogen-bond acceptors (Lipinski definition) is 1. The van der Waals surface area contributed by atoms with Gasteiger partial charge < -0.3 is 5.41 Å². The third kappa shape index (κ3) is 1.70. The molecule has 0 bridgehead atoms. The predicted octanol–water partition coefficient (Wildman–Crippen LogP) is 4.56. The van der Waals surface area contributed by atoms with Crippen molar-refractivity contribution in [3.05, 3.63) is 35.4 Å². The fourth-order valence-corrected chi connectivity index (χ4v) is 4.94. The number of fused-ring (bicyclic) bond motifs is 3. The zero-order chi connectivity index (χ0) is 13.0. The van der Waals surface area contributed by atoms with Gasteiger partial charge in [0.25, 0.3) is 0 Å². The highest BCUT2D eigenvalue weighted by Crippen LogP contribution is 2.66. The Kier molecular flexibility index (Phi) is 2.43. The van der Waals surface area contributed by atoms with Gasteiger partial charge >= 0.3 is 0 Å². The first kappa shape index (κ1) is 11.7. The largest absolute Gasteiger partial charge is 0.310 e. The van der Waals surface area contributed by atoms with Gasteiger partial charge in [0.15, 0.2) is 0 Å². The molecule has 2 saturated carbocycles. The molecule has 3 unspecified atom stereocenters. The van der Waals surface area contributed by atoms with E-state index in [-0.39, 0.29) is 0 Å². The molecule has 2 fully saturated rings. The maximum Gasteiger partial charge on any atom is 0.00893 e. The van der Waals surface area contributed by atoms with Crippen molar-refractivity contribution >= 4 is 5.71 Å². The van der Waals surface area contributed by atoms with E-state index in [9.17, 15) is 0 Å². The van der Waals surface area contributed by atoms with Gasteiger partial charge in [0.05, 0.1) is 0 Å². The zero-order valence-electron chi connectivity index (χ0n) is 11.8. The fraction of sp³-hybridized carbons (Fsp3) is 0.611. The van der Waals surface area contributed by atoms with Crippen molar-refractivity contribution in [1.29, 1.82) is 5.41 Å². The maximum atomic E-state index is 7.83. The van der Waals surface area contributed by atoms with E-state index in [1.807, 2.05) is 0 Å². The molecule has 1 N–H and O–H groups in total. The minimum absolute atomic E-state index is 0.514. The lowest BCUT2D eigenvalue weighted by molar-refractivity contribution is 0.117. The highest BCUT2D eigenvalue weighted by molar-refractivity contribution is 5.81. The van der Waals surface area contributed by atoms with Crippen molar-refractivity contribution in [3.8, 4) is 0 Å². The van der Waals surface area contributed by atoms with E-state index in [2.05, 4.69) is 31.2 Å². The Bertz CT molecular complexity index is 522. The van der Waals surface area contributed by atoms with Crippen molar-refractivity contribution in [3.63, 3.8) is 0 Å². The Hall–Kier alpha value is -1.11. The molecule has 0 radical (unpaired) electrons. The van der Waals surface area contributed by atoms with Gasteiger partial charge in [0.2, 0.25) is 0 Å². The van der Waals surface area contributed by atoms with Gasteiger partial charge in [-0.05, 0) is 72.8 Å². The van der Waals surface area contributed by atoms with E-state index in [1.54, 1.807) is 11.1 Å². The second kappa shape index (κ2) is 3.94. The number of benzene rings is 1. The molecule has 0 spiro atoms. The van der Waals surface area contributed by atoms with Crippen LogP contribution in [0.1, 0.15) is 56.1 Å². The SMILES string of the molecule is CC1(C2CCC(=N)CC2)Cc2ccccc2C2CC21. The lowest BCUT2D eigenvalue weighted by Crippen LogP contribution is -2.37. The molecule has 100 valence electrons. The molecular weight excluding hydrogens is 230 g/mol. The molecule has 3 aliphatic rings. The van der Waals surface area contributed by atoms with E-state index >= 15 is 0 Å². The molecule has 1 aromatic carbocycles. The van der Waals surface area contributed by atoms with Crippen molar-refractivity contribution in [1.82, 2.24) is 0 Å². The summed E-state index contributed by atoms with van der Waals surface area (Å²) in [4.78, 5) is 0. The Morgan fingerprint density at radius 1 is 1.16 bits per heavy atom. The van der Waals surface area contributed by atoms with Crippen LogP contribution in [0.3, 0.4) is 0 Å². The van der Waals surface area contributed by atoms with Gasteiger partial charge in [-0.3, -0.25) is 0 Å². The normalized spacial score (nSPS) is 40.5. The number of rotatable bonds is 1. The summed E-state index contributed by atoms with van der Waals surface area (Å²) in [5.41, 5.74) is 4.76. The molecular formula is C18H23N. The second-order valence-corrected chi connectivity index (χ2v) is 7.21. The summed E-state index contributed by atoms with van der Waals surface area (Å²) in [6.45, 7) is 2.55. The summed E-state index contributed by atoms with van der Waals surface area (Å²) in [5, 5.41) is 7.83. The van der Waals surface area contributed by atoms with Crippen molar-refractivity contribution in [2.75, 3.05) is 0 Å². The number of hydrogen-bond donors (Lipinski definition) is 1. The van der Waals surface area contributed by atoms with Crippen LogP contribution in [-0.4, -0.2) is 5.71 Å². The topological polar surface area (TPSA) is 23.9 Å². The van der Waals surface area contributed by atoms with Crippen LogP contribution in [0.5, 0.6) is 0 Å². The Labute approximate surface area is 115 Å². The highest BCUT2D eigenvalue weighted by Gasteiger charge is 2.57.